The standard InChI is InChI=1S/C23H21ClF2N4O3/c1-12-20(31)21(32)23(33-12)30-10-16(13-2-7-19(26)18(24)8-13)17-9-29(11-27-22(17)30)28-15-5-3-14(25)4-6-15/h2-8,10-12,20-21,23,28,31-32H,9H2,1H3/t12-,20-,21-,23-/m1/s1. The van der Waals surface area contributed by atoms with Crippen molar-refractivity contribution in [3.8, 4) is 11.1 Å². The summed E-state index contributed by atoms with van der Waals surface area (Å²) in [6.07, 6.45) is -0.262. The van der Waals surface area contributed by atoms with E-state index < -0.39 is 30.4 Å². The van der Waals surface area contributed by atoms with Crippen molar-refractivity contribution < 1.29 is 23.7 Å². The largest absolute Gasteiger partial charge is 0.388 e. The number of hydrogen-bond acceptors (Lipinski definition) is 6. The minimum absolute atomic E-state index is 0.0178. The Morgan fingerprint density at radius 2 is 1.88 bits per heavy atom. The third-order valence-electron chi connectivity index (χ3n) is 5.85. The number of hydrazine groups is 1. The van der Waals surface area contributed by atoms with Gasteiger partial charge in [0.15, 0.2) is 6.23 Å². The Hall–Kier alpha value is -2.98. The Labute approximate surface area is 193 Å². The van der Waals surface area contributed by atoms with Gasteiger partial charge in [-0.25, -0.2) is 13.8 Å². The van der Waals surface area contributed by atoms with Gasteiger partial charge in [-0.3, -0.25) is 10.4 Å². The zero-order valence-electron chi connectivity index (χ0n) is 17.5. The molecule has 2 aliphatic heterocycles. The lowest BCUT2D eigenvalue weighted by Gasteiger charge is -2.26. The minimum atomic E-state index is -1.15. The Morgan fingerprint density at radius 3 is 2.55 bits per heavy atom. The Morgan fingerprint density at radius 1 is 1.12 bits per heavy atom. The Kier molecular flexibility index (Phi) is 5.57. The Balaban J connectivity index is 1.55. The molecule has 0 aliphatic carbocycles. The van der Waals surface area contributed by atoms with E-state index in [0.717, 1.165) is 11.1 Å². The quantitative estimate of drug-likeness (QED) is 0.527. The lowest BCUT2D eigenvalue weighted by Crippen LogP contribution is -2.31. The van der Waals surface area contributed by atoms with E-state index in [1.165, 1.54) is 24.3 Å². The third kappa shape index (κ3) is 3.97. The van der Waals surface area contributed by atoms with E-state index in [-0.39, 0.29) is 10.8 Å². The molecule has 3 N–H and O–H groups in total. The third-order valence-corrected chi connectivity index (χ3v) is 6.14. The van der Waals surface area contributed by atoms with Crippen molar-refractivity contribution in [3.63, 3.8) is 0 Å². The molecular weight excluding hydrogens is 454 g/mol. The molecule has 7 nitrogen and oxygen atoms in total. The number of aromatic nitrogens is 1. The summed E-state index contributed by atoms with van der Waals surface area (Å²) >= 11 is 6.03. The van der Waals surface area contributed by atoms with Crippen molar-refractivity contribution in [2.75, 3.05) is 5.43 Å². The van der Waals surface area contributed by atoms with E-state index in [0.29, 0.717) is 23.6 Å². The van der Waals surface area contributed by atoms with E-state index in [2.05, 4.69) is 10.4 Å². The van der Waals surface area contributed by atoms with Crippen LogP contribution < -0.4 is 5.43 Å². The molecule has 0 unspecified atom stereocenters. The molecule has 0 radical (unpaired) electrons. The van der Waals surface area contributed by atoms with Crippen molar-refractivity contribution in [2.45, 2.75) is 38.0 Å². The minimum Gasteiger partial charge on any atom is -0.388 e. The van der Waals surface area contributed by atoms with E-state index in [1.54, 1.807) is 47.2 Å². The van der Waals surface area contributed by atoms with Gasteiger partial charge < -0.3 is 19.5 Å². The number of fused-ring (bicyclic) bond motifs is 1. The van der Waals surface area contributed by atoms with Crippen LogP contribution in [-0.2, 0) is 11.3 Å². The topological polar surface area (TPSA) is 82.2 Å². The highest BCUT2D eigenvalue weighted by molar-refractivity contribution is 6.31. The van der Waals surface area contributed by atoms with Gasteiger partial charge in [-0.2, -0.15) is 0 Å². The van der Waals surface area contributed by atoms with Crippen molar-refractivity contribution in [1.29, 1.82) is 0 Å². The monoisotopic (exact) mass is 474 g/mol. The fourth-order valence-electron chi connectivity index (χ4n) is 4.11. The lowest BCUT2D eigenvalue weighted by atomic mass is 10.0. The van der Waals surface area contributed by atoms with Crippen LogP contribution in [0.2, 0.25) is 5.02 Å². The van der Waals surface area contributed by atoms with Crippen LogP contribution in [-0.4, -0.2) is 44.4 Å². The predicted molar refractivity (Wildman–Crippen MR) is 120 cm³/mol. The maximum absolute atomic E-state index is 13.8. The van der Waals surface area contributed by atoms with Crippen LogP contribution in [0.3, 0.4) is 0 Å². The number of hydrogen-bond donors (Lipinski definition) is 3. The maximum Gasteiger partial charge on any atom is 0.164 e. The summed E-state index contributed by atoms with van der Waals surface area (Å²) in [6, 6.07) is 10.3. The number of nitrogens with zero attached hydrogens (tertiary/aromatic N) is 3. The van der Waals surface area contributed by atoms with Crippen LogP contribution in [0.15, 0.2) is 53.7 Å². The molecule has 172 valence electrons. The summed E-state index contributed by atoms with van der Waals surface area (Å²) in [7, 11) is 0. The molecule has 0 amide bonds. The van der Waals surface area contributed by atoms with Gasteiger partial charge in [0.2, 0.25) is 0 Å². The maximum atomic E-state index is 13.8. The zero-order valence-corrected chi connectivity index (χ0v) is 18.2. The molecule has 0 bridgehead atoms. The van der Waals surface area contributed by atoms with Gasteiger partial charge in [-0.15, -0.1) is 0 Å². The van der Waals surface area contributed by atoms with Gasteiger partial charge in [0, 0.05) is 17.3 Å². The molecule has 3 heterocycles. The van der Waals surface area contributed by atoms with Gasteiger partial charge in [0.1, 0.15) is 36.0 Å². The highest BCUT2D eigenvalue weighted by Gasteiger charge is 2.43. The average Bonchev–Trinajstić information content (AvgIpc) is 3.29. The van der Waals surface area contributed by atoms with Gasteiger partial charge in [-0.05, 0) is 48.9 Å². The molecule has 5 rings (SSSR count). The number of aliphatic imine (C=N–C) groups is 1. The fourth-order valence-corrected chi connectivity index (χ4v) is 4.29. The smallest absolute Gasteiger partial charge is 0.164 e. The number of anilines is 1. The summed E-state index contributed by atoms with van der Waals surface area (Å²) in [6.45, 7) is 2.04. The summed E-state index contributed by atoms with van der Waals surface area (Å²) < 4.78 is 34.5. The van der Waals surface area contributed by atoms with Crippen molar-refractivity contribution in [1.82, 2.24) is 9.58 Å². The van der Waals surface area contributed by atoms with E-state index in [4.69, 9.17) is 16.3 Å². The molecule has 1 fully saturated rings. The lowest BCUT2D eigenvalue weighted by molar-refractivity contribution is -0.0308. The first kappa shape index (κ1) is 21.8. The number of nitrogens with one attached hydrogen (secondary N) is 1. The number of rotatable bonds is 4. The van der Waals surface area contributed by atoms with Crippen molar-refractivity contribution in [2.24, 2.45) is 4.99 Å². The number of halogens is 3. The molecule has 2 aliphatic rings. The second kappa shape index (κ2) is 8.42. The fraction of sp³-hybridized carbons (Fsp3) is 0.261. The van der Waals surface area contributed by atoms with E-state index in [9.17, 15) is 19.0 Å². The summed E-state index contributed by atoms with van der Waals surface area (Å²) in [5.74, 6) is -0.333. The number of benzene rings is 2. The normalized spacial score (nSPS) is 24.2. The first-order chi connectivity index (χ1) is 15.8. The zero-order chi connectivity index (χ0) is 23.3. The molecule has 4 atom stereocenters. The predicted octanol–water partition coefficient (Wildman–Crippen LogP) is 4.23. The molecule has 33 heavy (non-hydrogen) atoms. The molecule has 2 aromatic carbocycles. The summed E-state index contributed by atoms with van der Waals surface area (Å²) in [5, 5.41) is 22.4. The van der Waals surface area contributed by atoms with Gasteiger partial charge in [0.05, 0.1) is 23.4 Å². The van der Waals surface area contributed by atoms with Crippen LogP contribution in [0.5, 0.6) is 0 Å². The molecule has 1 aromatic heterocycles. The van der Waals surface area contributed by atoms with Gasteiger partial charge in [0.25, 0.3) is 0 Å². The summed E-state index contributed by atoms with van der Waals surface area (Å²) in [4.78, 5) is 4.55. The number of ether oxygens (including phenoxy) is 1. The second-order valence-corrected chi connectivity index (χ2v) is 8.49. The van der Waals surface area contributed by atoms with Crippen molar-refractivity contribution >= 4 is 29.4 Å². The molecule has 0 spiro atoms. The molecule has 1 saturated heterocycles. The highest BCUT2D eigenvalue weighted by Crippen LogP contribution is 2.42. The van der Waals surface area contributed by atoms with E-state index in [1.807, 2.05) is 0 Å². The van der Waals surface area contributed by atoms with Crippen LogP contribution >= 0.6 is 11.6 Å². The number of aliphatic hydroxyl groups excluding tert-OH is 2. The SMILES string of the molecule is C[C@H]1O[C@@H](n2cc(-c3ccc(F)c(Cl)c3)c3c2N=CN(Nc2ccc(F)cc2)C3)[C@H](O)[C@@H]1O. The van der Waals surface area contributed by atoms with Crippen molar-refractivity contribution in [3.05, 3.63) is 70.9 Å². The van der Waals surface area contributed by atoms with Gasteiger partial charge >= 0.3 is 0 Å². The van der Waals surface area contributed by atoms with Crippen LogP contribution in [0.25, 0.3) is 11.1 Å². The van der Waals surface area contributed by atoms with E-state index >= 15 is 0 Å². The molecule has 10 heteroatoms. The average molecular weight is 475 g/mol. The van der Waals surface area contributed by atoms with Crippen LogP contribution in [0.4, 0.5) is 20.3 Å². The first-order valence-corrected chi connectivity index (χ1v) is 10.7. The van der Waals surface area contributed by atoms with Crippen LogP contribution in [0.1, 0.15) is 18.7 Å². The molecular formula is C23H21ClF2N4O3. The Bertz CT molecular complexity index is 1220. The summed E-state index contributed by atoms with van der Waals surface area (Å²) in [5.41, 5.74) is 5.98. The first-order valence-electron chi connectivity index (χ1n) is 10.4. The second-order valence-electron chi connectivity index (χ2n) is 8.09. The van der Waals surface area contributed by atoms with Crippen LogP contribution in [0, 0.1) is 11.6 Å². The molecule has 0 saturated carbocycles. The number of aliphatic hydroxyl groups is 2. The van der Waals surface area contributed by atoms with Gasteiger partial charge in [-0.1, -0.05) is 17.7 Å². The highest BCUT2D eigenvalue weighted by atomic mass is 35.5. The molecule has 3 aromatic rings.